The van der Waals surface area contributed by atoms with Crippen LogP contribution in [0.25, 0.3) is 0 Å². The summed E-state index contributed by atoms with van der Waals surface area (Å²) in [6.45, 7) is 2.60. The van der Waals surface area contributed by atoms with Crippen LogP contribution in [0.3, 0.4) is 0 Å². The number of benzene rings is 2. The molecule has 2 aliphatic rings. The number of hydrogen-bond donors (Lipinski definition) is 1. The molecule has 2 heterocycles. The third-order valence-electron chi connectivity index (χ3n) is 5.33. The number of likely N-dealkylation sites (tertiary alicyclic amines) is 1. The van der Waals surface area contributed by atoms with Gasteiger partial charge in [-0.1, -0.05) is 48.5 Å². The third-order valence-corrected chi connectivity index (χ3v) is 5.33. The van der Waals surface area contributed by atoms with Gasteiger partial charge in [-0.2, -0.15) is 0 Å². The van der Waals surface area contributed by atoms with Crippen molar-refractivity contribution < 1.29 is 9.90 Å². The van der Waals surface area contributed by atoms with Crippen molar-refractivity contribution in [1.29, 1.82) is 0 Å². The van der Waals surface area contributed by atoms with Crippen LogP contribution in [-0.4, -0.2) is 34.5 Å². The Bertz CT molecular complexity index is 778. The summed E-state index contributed by atoms with van der Waals surface area (Å²) in [5.74, 6) is 0.0842. The van der Waals surface area contributed by atoms with Crippen molar-refractivity contribution in [3.8, 4) is 0 Å². The van der Waals surface area contributed by atoms with Crippen molar-refractivity contribution in [3.63, 3.8) is 0 Å². The number of aliphatic hydroxyl groups is 1. The first-order valence-electron chi connectivity index (χ1n) is 8.76. The Morgan fingerprint density at radius 3 is 2.16 bits per heavy atom. The Morgan fingerprint density at radius 2 is 1.52 bits per heavy atom. The molecule has 0 aliphatic carbocycles. The SMILES string of the molecule is O=C1C=C(O)C2(CCN(Cc3ccccc3)CC2)N1c1ccccc1. The lowest BCUT2D eigenvalue weighted by Crippen LogP contribution is -2.55. The fourth-order valence-electron chi connectivity index (χ4n) is 4.00. The number of nitrogens with zero attached hydrogens (tertiary/aromatic N) is 2. The summed E-state index contributed by atoms with van der Waals surface area (Å²) < 4.78 is 0. The zero-order valence-electron chi connectivity index (χ0n) is 14.1. The van der Waals surface area contributed by atoms with Crippen LogP contribution in [0.5, 0.6) is 0 Å². The second kappa shape index (κ2) is 6.37. The van der Waals surface area contributed by atoms with E-state index in [1.807, 2.05) is 36.4 Å². The van der Waals surface area contributed by atoms with Gasteiger partial charge in [-0.3, -0.25) is 14.6 Å². The van der Waals surface area contributed by atoms with Gasteiger partial charge in [0.2, 0.25) is 0 Å². The summed E-state index contributed by atoms with van der Waals surface area (Å²) >= 11 is 0. The lowest BCUT2D eigenvalue weighted by atomic mass is 9.85. The molecule has 1 amide bonds. The molecule has 25 heavy (non-hydrogen) atoms. The maximum atomic E-state index is 12.5. The fraction of sp³-hybridized carbons (Fsp3) is 0.286. The standard InChI is InChI=1S/C21H22N2O2/c24-19-15-20(25)23(18-9-5-2-6-10-18)21(19)11-13-22(14-12-21)16-17-7-3-1-4-8-17/h1-10,15,24H,11-14,16H2. The van der Waals surface area contributed by atoms with Crippen LogP contribution in [-0.2, 0) is 11.3 Å². The van der Waals surface area contributed by atoms with Gasteiger partial charge in [-0.25, -0.2) is 0 Å². The molecule has 4 rings (SSSR count). The normalized spacial score (nSPS) is 20.1. The number of anilines is 1. The number of rotatable bonds is 3. The number of piperidine rings is 1. The van der Waals surface area contributed by atoms with Gasteiger partial charge in [0.25, 0.3) is 5.91 Å². The fourth-order valence-corrected chi connectivity index (χ4v) is 4.00. The van der Waals surface area contributed by atoms with Crippen LogP contribution in [0, 0.1) is 0 Å². The van der Waals surface area contributed by atoms with E-state index in [-0.39, 0.29) is 11.7 Å². The maximum absolute atomic E-state index is 12.5. The largest absolute Gasteiger partial charge is 0.510 e. The maximum Gasteiger partial charge on any atom is 0.255 e. The molecule has 1 fully saturated rings. The Labute approximate surface area is 148 Å². The monoisotopic (exact) mass is 334 g/mol. The zero-order chi connectivity index (χ0) is 17.3. The second-order valence-electron chi connectivity index (χ2n) is 6.83. The first-order valence-corrected chi connectivity index (χ1v) is 8.76. The average molecular weight is 334 g/mol. The summed E-state index contributed by atoms with van der Waals surface area (Å²) in [5.41, 5.74) is 1.55. The van der Waals surface area contributed by atoms with Crippen LogP contribution in [0.1, 0.15) is 18.4 Å². The first-order chi connectivity index (χ1) is 12.2. The van der Waals surface area contributed by atoms with Crippen molar-refractivity contribution in [3.05, 3.63) is 78.1 Å². The van der Waals surface area contributed by atoms with Crippen molar-refractivity contribution in [2.75, 3.05) is 18.0 Å². The Balaban J connectivity index is 1.53. The van der Waals surface area contributed by atoms with E-state index in [1.165, 1.54) is 11.6 Å². The molecule has 1 saturated heterocycles. The Hall–Kier alpha value is -2.59. The highest BCUT2D eigenvalue weighted by molar-refractivity contribution is 6.06. The van der Waals surface area contributed by atoms with E-state index in [1.54, 1.807) is 4.90 Å². The summed E-state index contributed by atoms with van der Waals surface area (Å²) in [6.07, 6.45) is 2.87. The van der Waals surface area contributed by atoms with Crippen LogP contribution in [0.2, 0.25) is 0 Å². The highest BCUT2D eigenvalue weighted by atomic mass is 16.3. The second-order valence-corrected chi connectivity index (χ2v) is 6.83. The van der Waals surface area contributed by atoms with Crippen LogP contribution in [0.4, 0.5) is 5.69 Å². The topological polar surface area (TPSA) is 43.8 Å². The summed E-state index contributed by atoms with van der Waals surface area (Å²) in [5, 5.41) is 10.6. The number of para-hydroxylation sites is 1. The molecule has 128 valence electrons. The van der Waals surface area contributed by atoms with Gasteiger partial charge in [-0.15, -0.1) is 0 Å². The minimum absolute atomic E-state index is 0.125. The highest BCUT2D eigenvalue weighted by Gasteiger charge is 2.50. The Morgan fingerprint density at radius 1 is 0.920 bits per heavy atom. The molecule has 2 aliphatic heterocycles. The van der Waals surface area contributed by atoms with E-state index in [9.17, 15) is 9.90 Å². The van der Waals surface area contributed by atoms with Crippen LogP contribution >= 0.6 is 0 Å². The van der Waals surface area contributed by atoms with Gasteiger partial charge in [0.05, 0.1) is 0 Å². The van der Waals surface area contributed by atoms with E-state index < -0.39 is 5.54 Å². The predicted octanol–water partition coefficient (Wildman–Crippen LogP) is 3.51. The molecule has 0 atom stereocenters. The summed E-state index contributed by atoms with van der Waals surface area (Å²) in [4.78, 5) is 16.7. The van der Waals surface area contributed by atoms with Crippen molar-refractivity contribution in [1.82, 2.24) is 4.90 Å². The smallest absolute Gasteiger partial charge is 0.255 e. The molecule has 0 aromatic heterocycles. The number of carbonyl (C=O) groups excluding carboxylic acids is 1. The summed E-state index contributed by atoms with van der Waals surface area (Å²) in [6, 6.07) is 20.1. The average Bonchev–Trinajstić information content (AvgIpc) is 2.88. The van der Waals surface area contributed by atoms with E-state index in [0.717, 1.165) is 38.2 Å². The molecule has 1 spiro atoms. The lowest BCUT2D eigenvalue weighted by Gasteiger charge is -2.45. The van der Waals surface area contributed by atoms with Gasteiger partial charge in [-0.05, 0) is 30.5 Å². The van der Waals surface area contributed by atoms with Crippen molar-refractivity contribution >= 4 is 11.6 Å². The molecule has 4 heteroatoms. The molecular weight excluding hydrogens is 312 g/mol. The van der Waals surface area contributed by atoms with E-state index >= 15 is 0 Å². The van der Waals surface area contributed by atoms with Gasteiger partial charge < -0.3 is 5.11 Å². The number of amides is 1. The molecular formula is C21H22N2O2. The quantitative estimate of drug-likeness (QED) is 0.934. The van der Waals surface area contributed by atoms with Crippen LogP contribution in [0.15, 0.2) is 72.5 Å². The molecule has 2 aromatic carbocycles. The minimum atomic E-state index is -0.592. The number of hydrogen-bond acceptors (Lipinski definition) is 3. The molecule has 0 unspecified atom stereocenters. The van der Waals surface area contributed by atoms with E-state index in [0.29, 0.717) is 0 Å². The molecule has 0 bridgehead atoms. The van der Waals surface area contributed by atoms with Gasteiger partial charge in [0.15, 0.2) is 0 Å². The molecule has 0 saturated carbocycles. The van der Waals surface area contributed by atoms with Gasteiger partial charge >= 0.3 is 0 Å². The van der Waals surface area contributed by atoms with Crippen molar-refractivity contribution in [2.45, 2.75) is 24.9 Å². The lowest BCUT2D eigenvalue weighted by molar-refractivity contribution is -0.114. The van der Waals surface area contributed by atoms with E-state index in [4.69, 9.17) is 0 Å². The molecule has 4 nitrogen and oxygen atoms in total. The minimum Gasteiger partial charge on any atom is -0.510 e. The first kappa shape index (κ1) is 15.9. The number of carbonyl (C=O) groups is 1. The Kier molecular flexibility index (Phi) is 4.06. The predicted molar refractivity (Wildman–Crippen MR) is 98.3 cm³/mol. The van der Waals surface area contributed by atoms with Gasteiger partial charge in [0.1, 0.15) is 11.3 Å². The molecule has 0 radical (unpaired) electrons. The third kappa shape index (κ3) is 2.83. The number of aliphatic hydroxyl groups excluding tert-OH is 1. The molecule has 1 N–H and O–H groups in total. The summed E-state index contributed by atoms with van der Waals surface area (Å²) in [7, 11) is 0. The van der Waals surface area contributed by atoms with Crippen molar-refractivity contribution in [2.24, 2.45) is 0 Å². The van der Waals surface area contributed by atoms with Gasteiger partial charge in [0, 0.05) is 31.4 Å². The van der Waals surface area contributed by atoms with E-state index in [2.05, 4.69) is 29.2 Å². The molecule has 2 aromatic rings. The van der Waals surface area contributed by atoms with Crippen LogP contribution < -0.4 is 4.90 Å². The highest BCUT2D eigenvalue weighted by Crippen LogP contribution is 2.42. The zero-order valence-corrected chi connectivity index (χ0v) is 14.1.